The van der Waals surface area contributed by atoms with E-state index in [0.29, 0.717) is 12.8 Å². The van der Waals surface area contributed by atoms with E-state index < -0.39 is 42.3 Å². The highest BCUT2D eigenvalue weighted by Gasteiger charge is 2.25. The van der Waals surface area contributed by atoms with Gasteiger partial charge in [0.05, 0.1) is 32.7 Å². The number of methoxy groups -OCH3 is 1. The van der Waals surface area contributed by atoms with Gasteiger partial charge in [0, 0.05) is 6.42 Å². The zero-order valence-electron chi connectivity index (χ0n) is 19.4. The van der Waals surface area contributed by atoms with Crippen LogP contribution < -0.4 is 21.7 Å². The fraction of sp³-hybridized carbons (Fsp3) is 0.522. The number of hydrogen-bond donors (Lipinski definition) is 4. The van der Waals surface area contributed by atoms with Crippen molar-refractivity contribution in [1.82, 2.24) is 16.0 Å². The Morgan fingerprint density at radius 2 is 1.61 bits per heavy atom. The van der Waals surface area contributed by atoms with Crippen molar-refractivity contribution >= 4 is 29.5 Å². The van der Waals surface area contributed by atoms with Crippen molar-refractivity contribution in [2.24, 2.45) is 11.7 Å². The first-order valence-corrected chi connectivity index (χ1v) is 10.9. The minimum Gasteiger partial charge on any atom is -0.469 e. The second-order valence-electron chi connectivity index (χ2n) is 7.99. The quantitative estimate of drug-likeness (QED) is 0.280. The Morgan fingerprint density at radius 1 is 0.970 bits per heavy atom. The second-order valence-corrected chi connectivity index (χ2v) is 7.99. The molecule has 0 saturated carbocycles. The molecule has 1 unspecified atom stereocenters. The summed E-state index contributed by atoms with van der Waals surface area (Å²) < 4.78 is 4.44. The summed E-state index contributed by atoms with van der Waals surface area (Å²) in [7, 11) is 1.18. The van der Waals surface area contributed by atoms with E-state index in [-0.39, 0.29) is 24.7 Å². The van der Waals surface area contributed by atoms with Crippen molar-refractivity contribution in [2.45, 2.75) is 51.6 Å². The Labute approximate surface area is 194 Å². The first-order valence-electron chi connectivity index (χ1n) is 10.9. The lowest BCUT2D eigenvalue weighted by molar-refractivity contribution is -0.142. The molecule has 3 amide bonds. The number of nitrogens with one attached hydrogen (secondary N) is 3. The number of rotatable bonds is 14. The number of carbonyl (C=O) groups is 5. The Bertz CT molecular complexity index is 812. The molecule has 0 bridgehead atoms. The van der Waals surface area contributed by atoms with Gasteiger partial charge in [-0.2, -0.15) is 0 Å². The van der Waals surface area contributed by atoms with Crippen LogP contribution >= 0.6 is 0 Å². The third-order valence-corrected chi connectivity index (χ3v) is 4.86. The van der Waals surface area contributed by atoms with Gasteiger partial charge in [-0.15, -0.1) is 0 Å². The maximum atomic E-state index is 12.5. The zero-order valence-corrected chi connectivity index (χ0v) is 19.4. The van der Waals surface area contributed by atoms with Crippen molar-refractivity contribution in [1.29, 1.82) is 0 Å². The summed E-state index contributed by atoms with van der Waals surface area (Å²) in [6.07, 6.45) is 1.48. The fourth-order valence-electron chi connectivity index (χ4n) is 2.93. The minimum atomic E-state index is -1.15. The van der Waals surface area contributed by atoms with E-state index >= 15 is 0 Å². The van der Waals surface area contributed by atoms with E-state index in [4.69, 9.17) is 5.73 Å². The maximum absolute atomic E-state index is 12.5. The number of benzene rings is 1. The molecule has 1 aromatic carbocycles. The van der Waals surface area contributed by atoms with Crippen LogP contribution in [0.3, 0.4) is 0 Å². The summed E-state index contributed by atoms with van der Waals surface area (Å²) >= 11 is 0. The monoisotopic (exact) mass is 462 g/mol. The number of ketones is 1. The fourth-order valence-corrected chi connectivity index (χ4v) is 2.93. The van der Waals surface area contributed by atoms with Gasteiger partial charge in [-0.3, -0.25) is 24.0 Å². The number of esters is 1. The van der Waals surface area contributed by atoms with Gasteiger partial charge in [-0.1, -0.05) is 44.2 Å². The molecule has 1 rings (SSSR count). The highest BCUT2D eigenvalue weighted by atomic mass is 16.5. The average molecular weight is 463 g/mol. The van der Waals surface area contributed by atoms with Crippen LogP contribution in [0.2, 0.25) is 0 Å². The summed E-state index contributed by atoms with van der Waals surface area (Å²) in [5.74, 6) is -2.77. The van der Waals surface area contributed by atoms with Crippen LogP contribution in [-0.2, 0) is 35.1 Å². The molecule has 10 nitrogen and oxygen atoms in total. The van der Waals surface area contributed by atoms with Crippen LogP contribution in [-0.4, -0.2) is 61.8 Å². The third kappa shape index (κ3) is 11.2. The lowest BCUT2D eigenvalue weighted by atomic mass is 10.0. The molecule has 0 aliphatic rings. The normalized spacial score (nSPS) is 12.4. The smallest absolute Gasteiger partial charge is 0.307 e. The molecular weight excluding hydrogens is 428 g/mol. The zero-order chi connectivity index (χ0) is 24.8. The summed E-state index contributed by atoms with van der Waals surface area (Å²) in [6, 6.07) is 7.79. The third-order valence-electron chi connectivity index (χ3n) is 4.86. The number of hydrogen-bond acceptors (Lipinski definition) is 7. The topological polar surface area (TPSA) is 157 Å². The highest BCUT2D eigenvalue weighted by Crippen LogP contribution is 2.05. The molecule has 1 aromatic rings. The maximum Gasteiger partial charge on any atom is 0.307 e. The number of aryl methyl sites for hydroxylation is 1. The van der Waals surface area contributed by atoms with Crippen LogP contribution in [0.5, 0.6) is 0 Å². The van der Waals surface area contributed by atoms with E-state index in [1.54, 1.807) is 13.8 Å². The summed E-state index contributed by atoms with van der Waals surface area (Å²) in [6.45, 7) is 2.96. The Morgan fingerprint density at radius 3 is 2.21 bits per heavy atom. The Balaban J connectivity index is 2.40. The molecule has 5 N–H and O–H groups in total. The van der Waals surface area contributed by atoms with E-state index in [1.807, 2.05) is 30.3 Å². The molecular formula is C23H34N4O6. The first kappa shape index (κ1) is 27.8. The van der Waals surface area contributed by atoms with Gasteiger partial charge in [0.25, 0.3) is 0 Å². The molecule has 0 aliphatic heterocycles. The SMILES string of the molecule is COC(=O)C[C@H](N)C(=O)NCC(=O)NC(C(=O)NCC(=O)CCCc1ccccc1)C(C)C. The summed E-state index contributed by atoms with van der Waals surface area (Å²) in [5.41, 5.74) is 6.72. The molecule has 0 fully saturated rings. The van der Waals surface area contributed by atoms with Crippen molar-refractivity contribution < 1.29 is 28.7 Å². The predicted molar refractivity (Wildman–Crippen MR) is 122 cm³/mol. The molecule has 10 heteroatoms. The number of nitrogens with two attached hydrogens (primary N) is 1. The first-order chi connectivity index (χ1) is 15.6. The van der Waals surface area contributed by atoms with Crippen molar-refractivity contribution in [3.63, 3.8) is 0 Å². The number of amides is 3. The Hall–Kier alpha value is -3.27. The van der Waals surface area contributed by atoms with Crippen molar-refractivity contribution in [3.05, 3.63) is 35.9 Å². The molecule has 0 spiro atoms. The van der Waals surface area contributed by atoms with E-state index in [0.717, 1.165) is 12.0 Å². The van der Waals surface area contributed by atoms with Gasteiger partial charge in [0.15, 0.2) is 5.78 Å². The second kappa shape index (κ2) is 14.7. The van der Waals surface area contributed by atoms with Gasteiger partial charge in [0.1, 0.15) is 6.04 Å². The van der Waals surface area contributed by atoms with Crippen LogP contribution in [0.4, 0.5) is 0 Å². The average Bonchev–Trinajstić information content (AvgIpc) is 2.79. The molecule has 0 aliphatic carbocycles. The Kier molecular flexibility index (Phi) is 12.4. The molecule has 0 saturated heterocycles. The van der Waals surface area contributed by atoms with Gasteiger partial charge < -0.3 is 26.4 Å². The van der Waals surface area contributed by atoms with E-state index in [2.05, 4.69) is 20.7 Å². The van der Waals surface area contributed by atoms with Gasteiger partial charge >= 0.3 is 5.97 Å². The van der Waals surface area contributed by atoms with Gasteiger partial charge in [-0.05, 0) is 24.3 Å². The molecule has 0 radical (unpaired) electrons. The molecule has 33 heavy (non-hydrogen) atoms. The van der Waals surface area contributed by atoms with E-state index in [1.165, 1.54) is 7.11 Å². The minimum absolute atomic E-state index is 0.0972. The molecule has 2 atom stereocenters. The highest BCUT2D eigenvalue weighted by molar-refractivity contribution is 5.93. The van der Waals surface area contributed by atoms with Crippen LogP contribution in [0.1, 0.15) is 38.7 Å². The van der Waals surface area contributed by atoms with Crippen LogP contribution in [0.25, 0.3) is 0 Å². The van der Waals surface area contributed by atoms with Crippen LogP contribution in [0, 0.1) is 5.92 Å². The molecule has 182 valence electrons. The van der Waals surface area contributed by atoms with Gasteiger partial charge in [0.2, 0.25) is 17.7 Å². The van der Waals surface area contributed by atoms with Crippen molar-refractivity contribution in [2.75, 3.05) is 20.2 Å². The lowest BCUT2D eigenvalue weighted by Crippen LogP contribution is -2.53. The number of Topliss-reactive ketones (excluding diaryl/α,β-unsaturated/α-hetero) is 1. The van der Waals surface area contributed by atoms with Crippen LogP contribution in [0.15, 0.2) is 30.3 Å². The number of ether oxygens (including phenoxy) is 1. The standard InChI is InChI=1S/C23H34N4O6/c1-15(2)21(27-19(29)14-26-22(31)18(24)12-20(30)33-3)23(32)25-13-17(28)11-7-10-16-8-5-4-6-9-16/h4-6,8-9,15,18,21H,7,10-14,24H2,1-3H3,(H,25,32)(H,26,31)(H,27,29)/t18-,21?/m0/s1. The molecule has 0 aromatic heterocycles. The lowest BCUT2D eigenvalue weighted by Gasteiger charge is -2.22. The predicted octanol–water partition coefficient (Wildman–Crippen LogP) is -0.158. The van der Waals surface area contributed by atoms with Gasteiger partial charge in [-0.25, -0.2) is 0 Å². The summed E-state index contributed by atoms with van der Waals surface area (Å²) in [4.78, 5) is 59.8. The summed E-state index contributed by atoms with van der Waals surface area (Å²) in [5, 5.41) is 7.42. The van der Waals surface area contributed by atoms with Crippen molar-refractivity contribution in [3.8, 4) is 0 Å². The molecule has 0 heterocycles. The number of carbonyl (C=O) groups excluding carboxylic acids is 5. The largest absolute Gasteiger partial charge is 0.469 e. The van der Waals surface area contributed by atoms with E-state index in [9.17, 15) is 24.0 Å².